The van der Waals surface area contributed by atoms with Crippen LogP contribution < -0.4 is 9.46 Å². The molecular weight excluding hydrogens is 556 g/mol. The van der Waals surface area contributed by atoms with E-state index in [1.165, 1.54) is 19.2 Å². The number of ether oxygens (including phenoxy) is 2. The number of carbonyl (C=O) groups excluding carboxylic acids is 3. The van der Waals surface area contributed by atoms with Gasteiger partial charge < -0.3 is 9.47 Å². The first-order chi connectivity index (χ1) is 19.9. The average Bonchev–Trinajstić information content (AvgIpc) is 3.20. The van der Waals surface area contributed by atoms with Crippen molar-refractivity contribution in [3.05, 3.63) is 94.6 Å². The lowest BCUT2D eigenvalue weighted by molar-refractivity contribution is 0.0583. The van der Waals surface area contributed by atoms with Crippen LogP contribution in [0.1, 0.15) is 69.9 Å². The zero-order valence-corrected chi connectivity index (χ0v) is 25.1. The fourth-order valence-electron chi connectivity index (χ4n) is 4.54. The Labute approximate surface area is 246 Å². The van der Waals surface area contributed by atoms with Gasteiger partial charge in [0.05, 0.1) is 35.4 Å². The maximum atomic E-state index is 13.6. The van der Waals surface area contributed by atoms with Crippen molar-refractivity contribution in [3.63, 3.8) is 0 Å². The first-order valence-corrected chi connectivity index (χ1v) is 15.0. The van der Waals surface area contributed by atoms with E-state index in [0.29, 0.717) is 28.7 Å². The summed E-state index contributed by atoms with van der Waals surface area (Å²) < 4.78 is 40.8. The molecule has 9 nitrogen and oxygen atoms in total. The second kappa shape index (κ2) is 12.2. The van der Waals surface area contributed by atoms with E-state index in [1.54, 1.807) is 54.6 Å². The average molecular weight is 591 g/mol. The summed E-state index contributed by atoms with van der Waals surface area (Å²) in [4.78, 5) is 39.7. The zero-order valence-electron chi connectivity index (χ0n) is 24.3. The topological polar surface area (TPSA) is 119 Å². The maximum Gasteiger partial charge on any atom is 0.343 e. The maximum absolute atomic E-state index is 13.6. The van der Waals surface area contributed by atoms with Crippen molar-refractivity contribution < 1.29 is 32.3 Å². The van der Waals surface area contributed by atoms with E-state index in [1.807, 2.05) is 33.8 Å². The summed E-state index contributed by atoms with van der Waals surface area (Å²) in [6.07, 6.45) is 4.13. The van der Waals surface area contributed by atoms with Gasteiger partial charge in [0.2, 0.25) is 0 Å². The first kappa shape index (κ1) is 30.5. The molecule has 0 saturated carbocycles. The Balaban J connectivity index is 1.65. The molecule has 0 aliphatic carbocycles. The normalized spacial score (nSPS) is 13.4. The van der Waals surface area contributed by atoms with Gasteiger partial charge in [-0.1, -0.05) is 76.2 Å². The van der Waals surface area contributed by atoms with Gasteiger partial charge in [-0.05, 0) is 47.2 Å². The Morgan fingerprint density at radius 3 is 2.17 bits per heavy atom. The molecule has 0 atom stereocenters. The minimum Gasteiger partial charge on any atom is -0.490 e. The lowest BCUT2D eigenvalue weighted by atomic mass is 9.95. The molecule has 0 spiro atoms. The van der Waals surface area contributed by atoms with E-state index in [4.69, 9.17) is 9.47 Å². The molecule has 3 aromatic carbocycles. The summed E-state index contributed by atoms with van der Waals surface area (Å²) in [5.74, 6) is -1.55. The van der Waals surface area contributed by atoms with E-state index < -0.39 is 27.8 Å². The lowest BCUT2D eigenvalue weighted by Gasteiger charge is -2.20. The predicted octanol–water partition coefficient (Wildman–Crippen LogP) is 5.57. The number of hydrogen-bond acceptors (Lipinski definition) is 7. The summed E-state index contributed by atoms with van der Waals surface area (Å²) in [5, 5.41) is 0. The predicted molar refractivity (Wildman–Crippen MR) is 160 cm³/mol. The Bertz CT molecular complexity index is 1640. The van der Waals surface area contributed by atoms with E-state index in [2.05, 4.69) is 4.72 Å². The highest BCUT2D eigenvalue weighted by atomic mass is 32.2. The van der Waals surface area contributed by atoms with Crippen molar-refractivity contribution in [1.82, 2.24) is 4.90 Å². The van der Waals surface area contributed by atoms with Gasteiger partial charge >= 0.3 is 5.97 Å². The number of nitrogens with zero attached hydrogens (tertiary/aromatic N) is 1. The number of amides is 2. The summed E-state index contributed by atoms with van der Waals surface area (Å²) in [6, 6.07) is 16.3. The number of imide groups is 1. The molecule has 220 valence electrons. The molecular formula is C32H34N2O7S. The molecule has 0 saturated heterocycles. The fraction of sp³-hybridized carbons (Fsp3) is 0.281. The Hall–Kier alpha value is -4.44. The summed E-state index contributed by atoms with van der Waals surface area (Å²) in [6.45, 7) is 7.68. The first-order valence-electron chi connectivity index (χ1n) is 13.5. The van der Waals surface area contributed by atoms with Crippen LogP contribution in [-0.2, 0) is 21.2 Å². The number of benzene rings is 3. The van der Waals surface area contributed by atoms with Gasteiger partial charge in [-0.2, -0.15) is 0 Å². The smallest absolute Gasteiger partial charge is 0.343 e. The van der Waals surface area contributed by atoms with E-state index in [0.717, 1.165) is 4.90 Å². The summed E-state index contributed by atoms with van der Waals surface area (Å²) in [7, 11) is -2.96. The number of methoxy groups -OCH3 is 1. The minimum atomic E-state index is -4.15. The van der Waals surface area contributed by atoms with Crippen LogP contribution in [0.5, 0.6) is 5.75 Å². The van der Waals surface area contributed by atoms with Crippen molar-refractivity contribution >= 4 is 39.6 Å². The molecule has 1 aliphatic heterocycles. The SMILES string of the molecule is CCc1ccc(NS(=O)(=O)c2ccccc2C=CC(C)(C)C)c(C(=O)OC)c1OCCN1C(=O)c2ccccc2C1=O. The monoisotopic (exact) mass is 590 g/mol. The van der Waals surface area contributed by atoms with Crippen molar-refractivity contribution in [2.24, 2.45) is 5.41 Å². The van der Waals surface area contributed by atoms with Crippen molar-refractivity contribution in [2.45, 2.75) is 39.0 Å². The zero-order chi connectivity index (χ0) is 30.7. The number of nitrogens with one attached hydrogen (secondary N) is 1. The molecule has 0 aromatic heterocycles. The van der Waals surface area contributed by atoms with Gasteiger partial charge in [-0.3, -0.25) is 19.2 Å². The number of esters is 1. The molecule has 1 heterocycles. The molecule has 0 bridgehead atoms. The van der Waals surface area contributed by atoms with Crippen molar-refractivity contribution in [1.29, 1.82) is 0 Å². The third-order valence-corrected chi connectivity index (χ3v) is 8.10. The number of anilines is 1. The highest BCUT2D eigenvalue weighted by molar-refractivity contribution is 7.92. The van der Waals surface area contributed by atoms with Gasteiger partial charge in [-0.25, -0.2) is 13.2 Å². The quantitative estimate of drug-likeness (QED) is 0.242. The highest BCUT2D eigenvalue weighted by Crippen LogP contribution is 2.34. The van der Waals surface area contributed by atoms with Gasteiger partial charge in [0.15, 0.2) is 0 Å². The van der Waals surface area contributed by atoms with Gasteiger partial charge in [0.1, 0.15) is 17.9 Å². The number of allylic oxidation sites excluding steroid dienone is 1. The van der Waals surface area contributed by atoms with Crippen LogP contribution in [0, 0.1) is 5.41 Å². The third-order valence-electron chi connectivity index (χ3n) is 6.66. The minimum absolute atomic E-state index is 0.0237. The van der Waals surface area contributed by atoms with Crippen LogP contribution in [-0.4, -0.2) is 51.4 Å². The molecule has 42 heavy (non-hydrogen) atoms. The largest absolute Gasteiger partial charge is 0.490 e. The van der Waals surface area contributed by atoms with Crippen molar-refractivity contribution in [3.8, 4) is 5.75 Å². The molecule has 1 N–H and O–H groups in total. The standard InChI is InChI=1S/C32H34N2O7S/c1-6-21-15-16-25(33-42(38,39)26-14-10-7-11-22(26)17-18-32(2,3)4)27(31(37)40-5)28(21)41-20-19-34-29(35)23-12-8-9-13-24(23)30(34)36/h7-18,33H,6,19-20H2,1-5H3. The van der Waals surface area contributed by atoms with Gasteiger partial charge in [-0.15, -0.1) is 0 Å². The molecule has 0 radical (unpaired) electrons. The third kappa shape index (κ3) is 6.38. The number of fused-ring (bicyclic) bond motifs is 1. The second-order valence-corrected chi connectivity index (χ2v) is 12.5. The lowest BCUT2D eigenvalue weighted by Crippen LogP contribution is -2.33. The molecule has 3 aromatic rings. The van der Waals surface area contributed by atoms with Crippen LogP contribution in [0.25, 0.3) is 6.08 Å². The number of sulfonamides is 1. The molecule has 10 heteroatoms. The van der Waals surface area contributed by atoms with E-state index in [9.17, 15) is 22.8 Å². The molecule has 2 amide bonds. The summed E-state index contributed by atoms with van der Waals surface area (Å²) in [5.41, 5.74) is 1.45. The van der Waals surface area contributed by atoms with Gasteiger partial charge in [0, 0.05) is 0 Å². The number of aryl methyl sites for hydroxylation is 1. The summed E-state index contributed by atoms with van der Waals surface area (Å²) >= 11 is 0. The van der Waals surface area contributed by atoms with Gasteiger partial charge in [0.25, 0.3) is 21.8 Å². The Kier molecular flexibility index (Phi) is 8.86. The van der Waals surface area contributed by atoms with Crippen LogP contribution in [0.2, 0.25) is 0 Å². The second-order valence-electron chi connectivity index (χ2n) is 10.8. The van der Waals surface area contributed by atoms with Crippen LogP contribution in [0.4, 0.5) is 5.69 Å². The molecule has 0 unspecified atom stereocenters. The van der Waals surface area contributed by atoms with Crippen LogP contribution >= 0.6 is 0 Å². The van der Waals surface area contributed by atoms with Crippen LogP contribution in [0.3, 0.4) is 0 Å². The Morgan fingerprint density at radius 2 is 1.57 bits per heavy atom. The highest BCUT2D eigenvalue weighted by Gasteiger charge is 2.35. The number of rotatable bonds is 10. The van der Waals surface area contributed by atoms with Crippen LogP contribution in [0.15, 0.2) is 71.6 Å². The fourth-order valence-corrected chi connectivity index (χ4v) is 5.82. The number of carbonyl (C=O) groups is 3. The molecule has 0 fully saturated rings. The molecule has 4 rings (SSSR count). The molecule has 1 aliphatic rings. The van der Waals surface area contributed by atoms with E-state index in [-0.39, 0.29) is 40.5 Å². The number of hydrogen-bond donors (Lipinski definition) is 1. The van der Waals surface area contributed by atoms with Crippen molar-refractivity contribution in [2.75, 3.05) is 25.0 Å². The Morgan fingerprint density at radius 1 is 0.952 bits per heavy atom. The van der Waals surface area contributed by atoms with E-state index >= 15 is 0 Å².